The molecule has 0 aromatic carbocycles. The lowest BCUT2D eigenvalue weighted by Crippen LogP contribution is -2.35. The molecule has 0 saturated carbocycles. The third kappa shape index (κ3) is 7.26. The molecule has 0 aliphatic rings. The molecular formula is C23H33N3O3. The minimum absolute atomic E-state index is 0.121. The molecule has 0 radical (unpaired) electrons. The van der Waals surface area contributed by atoms with E-state index in [-0.39, 0.29) is 11.5 Å². The zero-order valence-corrected chi connectivity index (χ0v) is 18.5. The molecule has 6 heteroatoms. The number of hydrogen-bond donors (Lipinski definition) is 0. The molecule has 1 aromatic rings. The fourth-order valence-electron chi connectivity index (χ4n) is 3.00. The topological polar surface area (TPSA) is 75.3 Å². The molecule has 0 aliphatic carbocycles. The number of ether oxygens (including phenoxy) is 1. The van der Waals surface area contributed by atoms with Crippen LogP contribution in [-0.4, -0.2) is 41.0 Å². The van der Waals surface area contributed by atoms with E-state index in [1.807, 2.05) is 39.8 Å². The highest BCUT2D eigenvalue weighted by atomic mass is 16.5. The van der Waals surface area contributed by atoms with Crippen molar-refractivity contribution >= 4 is 18.0 Å². The molecule has 0 fully saturated rings. The quantitative estimate of drug-likeness (QED) is 0.258. The summed E-state index contributed by atoms with van der Waals surface area (Å²) in [5, 5.41) is 9.41. The van der Waals surface area contributed by atoms with E-state index >= 15 is 0 Å². The molecule has 0 bridgehead atoms. The highest BCUT2D eigenvalue weighted by molar-refractivity contribution is 5.99. The molecule has 0 atom stereocenters. The Morgan fingerprint density at radius 2 is 2.03 bits per heavy atom. The molecule has 1 heterocycles. The lowest BCUT2D eigenvalue weighted by molar-refractivity contribution is -0.148. The van der Waals surface area contributed by atoms with Crippen LogP contribution in [0.5, 0.6) is 0 Å². The second kappa shape index (κ2) is 11.3. The number of carbonyl (C=O) groups excluding carboxylic acids is 2. The van der Waals surface area contributed by atoms with Gasteiger partial charge in [-0.05, 0) is 57.7 Å². The summed E-state index contributed by atoms with van der Waals surface area (Å²) in [5.74, 6) is -0.517. The molecule has 0 spiro atoms. The summed E-state index contributed by atoms with van der Waals surface area (Å²) in [6, 6.07) is 3.85. The Balaban J connectivity index is 2.89. The Labute approximate surface area is 174 Å². The molecule has 1 rings (SSSR count). The van der Waals surface area contributed by atoms with Crippen molar-refractivity contribution in [1.82, 2.24) is 9.47 Å². The monoisotopic (exact) mass is 399 g/mol. The normalized spacial score (nSPS) is 11.3. The van der Waals surface area contributed by atoms with Crippen LogP contribution in [0.3, 0.4) is 0 Å². The number of esters is 1. The van der Waals surface area contributed by atoms with E-state index < -0.39 is 12.6 Å². The number of nitriles is 1. The van der Waals surface area contributed by atoms with E-state index in [1.165, 1.54) is 6.08 Å². The average Bonchev–Trinajstić information content (AvgIpc) is 2.92. The van der Waals surface area contributed by atoms with Gasteiger partial charge in [0.2, 0.25) is 0 Å². The maximum Gasteiger partial charge on any atom is 0.349 e. The van der Waals surface area contributed by atoms with Gasteiger partial charge in [-0.3, -0.25) is 4.79 Å². The number of hydrogen-bond acceptors (Lipinski definition) is 4. The highest BCUT2D eigenvalue weighted by Crippen LogP contribution is 2.20. The summed E-state index contributed by atoms with van der Waals surface area (Å²) in [4.78, 5) is 26.1. The van der Waals surface area contributed by atoms with Crippen LogP contribution < -0.4 is 0 Å². The summed E-state index contributed by atoms with van der Waals surface area (Å²) in [5.41, 5.74) is 3.61. The number of carbonyl (C=O) groups is 2. The van der Waals surface area contributed by atoms with Crippen LogP contribution in [0.2, 0.25) is 0 Å². The molecule has 0 N–H and O–H groups in total. The SMILES string of the molecule is C=C(C)CN(CC)C(=O)COC(=O)/C(C#N)=C/c1cc(C)n(CCC(C)C)c1C. The standard InChI is InChI=1S/C23H33N3O3/c1-8-25(14-17(4)5)22(27)15-29-23(28)21(13-24)12-20-11-18(6)26(19(20)7)10-9-16(2)3/h11-12,16H,4,8-10,14-15H2,1-3,5-7H3/b21-12+. The number of aryl methyl sites for hydroxylation is 1. The molecule has 158 valence electrons. The minimum Gasteiger partial charge on any atom is -0.451 e. The summed E-state index contributed by atoms with van der Waals surface area (Å²) in [7, 11) is 0. The first-order chi connectivity index (χ1) is 13.6. The summed E-state index contributed by atoms with van der Waals surface area (Å²) >= 11 is 0. The fraction of sp³-hybridized carbons (Fsp3) is 0.522. The van der Waals surface area contributed by atoms with Crippen molar-refractivity contribution in [3.05, 3.63) is 40.7 Å². The predicted octanol–water partition coefficient (Wildman–Crippen LogP) is 4.03. The van der Waals surface area contributed by atoms with Crippen LogP contribution in [-0.2, 0) is 20.9 Å². The predicted molar refractivity (Wildman–Crippen MR) is 115 cm³/mol. The van der Waals surface area contributed by atoms with Gasteiger partial charge in [0.1, 0.15) is 11.6 Å². The summed E-state index contributed by atoms with van der Waals surface area (Å²) in [6.45, 7) is 17.2. The Bertz CT molecular complexity index is 825. The first-order valence-electron chi connectivity index (χ1n) is 9.98. The summed E-state index contributed by atoms with van der Waals surface area (Å²) in [6.07, 6.45) is 2.58. The Kier molecular flexibility index (Phi) is 9.40. The van der Waals surface area contributed by atoms with Gasteiger partial charge in [0.05, 0.1) is 0 Å². The molecule has 0 saturated heterocycles. The van der Waals surface area contributed by atoms with Gasteiger partial charge >= 0.3 is 5.97 Å². The molecule has 6 nitrogen and oxygen atoms in total. The number of nitrogens with zero attached hydrogens (tertiary/aromatic N) is 3. The third-order valence-electron chi connectivity index (χ3n) is 4.70. The van der Waals surface area contributed by atoms with Crippen LogP contribution in [0.1, 0.15) is 51.1 Å². The van der Waals surface area contributed by atoms with Crippen LogP contribution in [0.15, 0.2) is 23.8 Å². The number of aromatic nitrogens is 1. The molecule has 29 heavy (non-hydrogen) atoms. The van der Waals surface area contributed by atoms with Gasteiger partial charge in [-0.25, -0.2) is 4.79 Å². The van der Waals surface area contributed by atoms with Crippen molar-refractivity contribution in [2.24, 2.45) is 5.92 Å². The van der Waals surface area contributed by atoms with Crippen molar-refractivity contribution in [1.29, 1.82) is 5.26 Å². The van der Waals surface area contributed by atoms with Crippen molar-refractivity contribution in [2.45, 2.75) is 54.5 Å². The van der Waals surface area contributed by atoms with E-state index in [1.54, 1.807) is 4.90 Å². The van der Waals surface area contributed by atoms with E-state index in [9.17, 15) is 14.9 Å². The lowest BCUT2D eigenvalue weighted by Gasteiger charge is -2.20. The minimum atomic E-state index is -0.792. The third-order valence-corrected chi connectivity index (χ3v) is 4.70. The molecule has 0 aliphatic heterocycles. The van der Waals surface area contributed by atoms with Crippen molar-refractivity contribution < 1.29 is 14.3 Å². The van der Waals surface area contributed by atoms with Crippen LogP contribution in [0.25, 0.3) is 6.08 Å². The maximum atomic E-state index is 12.3. The number of amides is 1. The van der Waals surface area contributed by atoms with E-state index in [0.717, 1.165) is 35.5 Å². The Morgan fingerprint density at radius 3 is 2.55 bits per heavy atom. The first kappa shape index (κ1) is 24.2. The number of likely N-dealkylation sites (N-methyl/N-ethyl adjacent to an activating group) is 1. The van der Waals surface area contributed by atoms with Crippen molar-refractivity contribution in [3.63, 3.8) is 0 Å². The summed E-state index contributed by atoms with van der Waals surface area (Å²) < 4.78 is 7.28. The van der Waals surface area contributed by atoms with Crippen molar-refractivity contribution in [2.75, 3.05) is 19.7 Å². The van der Waals surface area contributed by atoms with Gasteiger partial charge in [0, 0.05) is 31.0 Å². The van der Waals surface area contributed by atoms with Gasteiger partial charge in [0.25, 0.3) is 5.91 Å². The Hall–Kier alpha value is -2.81. The average molecular weight is 400 g/mol. The maximum absolute atomic E-state index is 12.3. The fourth-order valence-corrected chi connectivity index (χ4v) is 3.00. The van der Waals surface area contributed by atoms with E-state index in [0.29, 0.717) is 19.0 Å². The Morgan fingerprint density at radius 1 is 1.38 bits per heavy atom. The van der Waals surface area contributed by atoms with E-state index in [4.69, 9.17) is 4.74 Å². The van der Waals surface area contributed by atoms with Gasteiger partial charge in [-0.15, -0.1) is 0 Å². The van der Waals surface area contributed by atoms with Gasteiger partial charge in [0.15, 0.2) is 6.61 Å². The first-order valence-corrected chi connectivity index (χ1v) is 9.98. The van der Waals surface area contributed by atoms with Gasteiger partial charge < -0.3 is 14.2 Å². The van der Waals surface area contributed by atoms with E-state index in [2.05, 4.69) is 25.0 Å². The zero-order chi connectivity index (χ0) is 22.1. The van der Waals surface area contributed by atoms with Crippen molar-refractivity contribution in [3.8, 4) is 6.07 Å². The zero-order valence-electron chi connectivity index (χ0n) is 18.5. The van der Waals surface area contributed by atoms with Crippen LogP contribution in [0, 0.1) is 31.1 Å². The number of rotatable bonds is 10. The smallest absolute Gasteiger partial charge is 0.349 e. The molecule has 1 aromatic heterocycles. The highest BCUT2D eigenvalue weighted by Gasteiger charge is 2.18. The second-order valence-corrected chi connectivity index (χ2v) is 7.77. The second-order valence-electron chi connectivity index (χ2n) is 7.77. The van der Waals surface area contributed by atoms with Crippen LogP contribution >= 0.6 is 0 Å². The lowest BCUT2D eigenvalue weighted by atomic mass is 10.1. The molecule has 1 amide bonds. The van der Waals surface area contributed by atoms with Gasteiger partial charge in [-0.2, -0.15) is 5.26 Å². The largest absolute Gasteiger partial charge is 0.451 e. The molecular weight excluding hydrogens is 366 g/mol. The van der Waals surface area contributed by atoms with Crippen LogP contribution in [0.4, 0.5) is 0 Å². The molecule has 0 unspecified atom stereocenters. The van der Waals surface area contributed by atoms with Gasteiger partial charge in [-0.1, -0.05) is 26.0 Å².